The van der Waals surface area contributed by atoms with Gasteiger partial charge in [0.2, 0.25) is 0 Å². The van der Waals surface area contributed by atoms with Crippen LogP contribution in [0.25, 0.3) is 0 Å². The summed E-state index contributed by atoms with van der Waals surface area (Å²) in [5, 5.41) is 0. The molecule has 0 N–H and O–H groups in total. The van der Waals surface area contributed by atoms with E-state index in [0.29, 0.717) is 0 Å². The van der Waals surface area contributed by atoms with Crippen molar-refractivity contribution < 1.29 is 27.4 Å². The van der Waals surface area contributed by atoms with Crippen molar-refractivity contribution in [2.75, 3.05) is 13.7 Å². The Balaban J connectivity index is 2.76. The molecule has 0 saturated carbocycles. The smallest absolute Gasteiger partial charge is 0.404 e. The minimum Gasteiger partial charge on any atom is -0.491 e. The predicted octanol–water partition coefficient (Wildman–Crippen LogP) is 3.18. The van der Waals surface area contributed by atoms with Gasteiger partial charge in [-0.2, -0.15) is 13.2 Å². The molecule has 0 aliphatic heterocycles. The molecule has 1 unspecified atom stereocenters. The first-order chi connectivity index (χ1) is 8.36. The van der Waals surface area contributed by atoms with Crippen molar-refractivity contribution in [1.29, 1.82) is 0 Å². The molecule has 0 aliphatic rings. The number of ether oxygens (including phenoxy) is 2. The zero-order valence-electron chi connectivity index (χ0n) is 9.33. The van der Waals surface area contributed by atoms with E-state index in [9.17, 15) is 18.0 Å². The molecule has 0 fully saturated rings. The van der Waals surface area contributed by atoms with Crippen molar-refractivity contribution in [3.8, 4) is 5.75 Å². The van der Waals surface area contributed by atoms with Gasteiger partial charge < -0.3 is 9.47 Å². The number of benzene rings is 1. The molecule has 1 aromatic rings. The SMILES string of the molecule is COC(=O)c1ccccc1OCC(Br)C(F)(F)F. The molecule has 1 aromatic carbocycles. The lowest BCUT2D eigenvalue weighted by Gasteiger charge is -2.16. The fourth-order valence-electron chi connectivity index (χ4n) is 1.13. The average Bonchev–Trinajstić information content (AvgIpc) is 2.34. The van der Waals surface area contributed by atoms with Crippen molar-refractivity contribution in [1.82, 2.24) is 0 Å². The van der Waals surface area contributed by atoms with Crippen molar-refractivity contribution in [2.45, 2.75) is 11.0 Å². The van der Waals surface area contributed by atoms with E-state index in [1.807, 2.05) is 0 Å². The van der Waals surface area contributed by atoms with Crippen molar-refractivity contribution in [2.24, 2.45) is 0 Å². The molecule has 1 rings (SSSR count). The second kappa shape index (κ2) is 6.08. The van der Waals surface area contributed by atoms with Gasteiger partial charge in [-0.3, -0.25) is 0 Å². The van der Waals surface area contributed by atoms with Crippen LogP contribution in [0.1, 0.15) is 10.4 Å². The van der Waals surface area contributed by atoms with E-state index in [2.05, 4.69) is 20.7 Å². The van der Waals surface area contributed by atoms with E-state index >= 15 is 0 Å². The van der Waals surface area contributed by atoms with Crippen LogP contribution in [0.5, 0.6) is 5.75 Å². The Labute approximate surface area is 110 Å². The van der Waals surface area contributed by atoms with Gasteiger partial charge in [-0.1, -0.05) is 28.1 Å². The fourth-order valence-corrected chi connectivity index (χ4v) is 1.26. The molecule has 100 valence electrons. The van der Waals surface area contributed by atoms with E-state index in [-0.39, 0.29) is 11.3 Å². The fraction of sp³-hybridized carbons (Fsp3) is 0.364. The van der Waals surface area contributed by atoms with Crippen molar-refractivity contribution >= 4 is 21.9 Å². The van der Waals surface area contributed by atoms with Gasteiger partial charge in [0.25, 0.3) is 0 Å². The van der Waals surface area contributed by atoms with Gasteiger partial charge >= 0.3 is 12.1 Å². The molecule has 7 heteroatoms. The third kappa shape index (κ3) is 3.90. The quantitative estimate of drug-likeness (QED) is 0.629. The number of carbonyl (C=O) groups excluding carboxylic acids is 1. The van der Waals surface area contributed by atoms with Crippen LogP contribution in [0.3, 0.4) is 0 Å². The van der Waals surface area contributed by atoms with E-state index in [4.69, 9.17) is 4.74 Å². The first-order valence-electron chi connectivity index (χ1n) is 4.87. The van der Waals surface area contributed by atoms with Gasteiger partial charge in [-0.25, -0.2) is 4.79 Å². The molecular weight excluding hydrogens is 317 g/mol. The number of methoxy groups -OCH3 is 1. The summed E-state index contributed by atoms with van der Waals surface area (Å²) in [5.41, 5.74) is 0.0851. The van der Waals surface area contributed by atoms with Crippen LogP contribution < -0.4 is 4.74 Å². The minimum atomic E-state index is -4.40. The standard InChI is InChI=1S/C11H10BrF3O3/c1-17-10(16)7-4-2-3-5-8(7)18-6-9(12)11(13,14)15/h2-5,9H,6H2,1H3. The molecule has 1 atom stereocenters. The predicted molar refractivity (Wildman–Crippen MR) is 62.0 cm³/mol. The Morgan fingerprint density at radius 2 is 2.00 bits per heavy atom. The Morgan fingerprint density at radius 1 is 1.39 bits per heavy atom. The number of alkyl halides is 4. The van der Waals surface area contributed by atoms with Crippen LogP contribution in [0.4, 0.5) is 13.2 Å². The molecule has 0 heterocycles. The van der Waals surface area contributed by atoms with Crippen LogP contribution >= 0.6 is 15.9 Å². The van der Waals surface area contributed by atoms with Crippen LogP contribution in [0.15, 0.2) is 24.3 Å². The van der Waals surface area contributed by atoms with Crippen molar-refractivity contribution in [3.05, 3.63) is 29.8 Å². The third-order valence-corrected chi connectivity index (χ3v) is 2.82. The Bertz CT molecular complexity index is 420. The number of para-hydroxylation sites is 1. The van der Waals surface area contributed by atoms with E-state index in [1.54, 1.807) is 12.1 Å². The molecule has 0 spiro atoms. The maximum absolute atomic E-state index is 12.3. The Kier molecular flexibility index (Phi) is 5.01. The summed E-state index contributed by atoms with van der Waals surface area (Å²) in [4.78, 5) is 9.54. The van der Waals surface area contributed by atoms with E-state index in [1.165, 1.54) is 19.2 Å². The van der Waals surface area contributed by atoms with Gasteiger partial charge in [0.05, 0.1) is 7.11 Å². The lowest BCUT2D eigenvalue weighted by molar-refractivity contribution is -0.132. The number of halogens is 4. The van der Waals surface area contributed by atoms with E-state index in [0.717, 1.165) is 0 Å². The topological polar surface area (TPSA) is 35.5 Å². The lowest BCUT2D eigenvalue weighted by Crippen LogP contribution is -2.29. The number of rotatable bonds is 4. The van der Waals surface area contributed by atoms with Gasteiger partial charge in [-0.15, -0.1) is 0 Å². The first-order valence-corrected chi connectivity index (χ1v) is 5.78. The molecule has 0 amide bonds. The summed E-state index contributed by atoms with van der Waals surface area (Å²) in [6.07, 6.45) is -4.40. The highest BCUT2D eigenvalue weighted by molar-refractivity contribution is 9.09. The second-order valence-electron chi connectivity index (χ2n) is 3.31. The van der Waals surface area contributed by atoms with Gasteiger partial charge in [0.15, 0.2) is 0 Å². The highest BCUT2D eigenvalue weighted by Gasteiger charge is 2.38. The molecule has 0 radical (unpaired) electrons. The van der Waals surface area contributed by atoms with Gasteiger partial charge in [-0.05, 0) is 12.1 Å². The highest BCUT2D eigenvalue weighted by Crippen LogP contribution is 2.28. The minimum absolute atomic E-state index is 0.0538. The Morgan fingerprint density at radius 3 is 2.56 bits per heavy atom. The summed E-state index contributed by atoms with van der Waals surface area (Å²) in [5.74, 6) is -0.609. The summed E-state index contributed by atoms with van der Waals surface area (Å²) in [6.45, 7) is -0.627. The summed E-state index contributed by atoms with van der Waals surface area (Å²) in [6, 6.07) is 5.94. The second-order valence-corrected chi connectivity index (χ2v) is 4.41. The average molecular weight is 327 g/mol. The lowest BCUT2D eigenvalue weighted by atomic mass is 10.2. The normalized spacial score (nSPS) is 12.9. The van der Waals surface area contributed by atoms with Gasteiger partial charge in [0.1, 0.15) is 22.7 Å². The van der Waals surface area contributed by atoms with Crippen LogP contribution in [-0.4, -0.2) is 30.7 Å². The molecule has 0 aromatic heterocycles. The summed E-state index contributed by atoms with van der Waals surface area (Å²) >= 11 is 2.47. The van der Waals surface area contributed by atoms with Crippen LogP contribution in [0.2, 0.25) is 0 Å². The van der Waals surface area contributed by atoms with Crippen LogP contribution in [0, 0.1) is 0 Å². The van der Waals surface area contributed by atoms with Crippen LogP contribution in [-0.2, 0) is 4.74 Å². The molecule has 0 bridgehead atoms. The number of hydrogen-bond acceptors (Lipinski definition) is 3. The largest absolute Gasteiger partial charge is 0.491 e. The molecule has 18 heavy (non-hydrogen) atoms. The third-order valence-electron chi connectivity index (χ3n) is 2.03. The molecule has 0 aliphatic carbocycles. The Hall–Kier alpha value is -1.24. The number of carbonyl (C=O) groups is 1. The maximum atomic E-state index is 12.3. The summed E-state index contributed by atoms with van der Waals surface area (Å²) in [7, 11) is 1.18. The molecule has 0 saturated heterocycles. The number of hydrogen-bond donors (Lipinski definition) is 0. The number of esters is 1. The maximum Gasteiger partial charge on any atom is 0.404 e. The monoisotopic (exact) mass is 326 g/mol. The summed E-state index contributed by atoms with van der Waals surface area (Å²) < 4.78 is 46.3. The zero-order valence-corrected chi connectivity index (χ0v) is 10.9. The first kappa shape index (κ1) is 14.8. The van der Waals surface area contributed by atoms with Crippen molar-refractivity contribution in [3.63, 3.8) is 0 Å². The molecular formula is C11H10BrF3O3. The highest BCUT2D eigenvalue weighted by atomic mass is 79.9. The van der Waals surface area contributed by atoms with E-state index < -0.39 is 23.6 Å². The zero-order chi connectivity index (χ0) is 13.8. The molecule has 3 nitrogen and oxygen atoms in total. The van der Waals surface area contributed by atoms with Gasteiger partial charge in [0, 0.05) is 0 Å².